The number of rotatable bonds is 4. The number of halogens is 1. The molecule has 0 saturated carbocycles. The third-order valence-electron chi connectivity index (χ3n) is 5.20. The van der Waals surface area contributed by atoms with Crippen LogP contribution in [0.4, 0.5) is 10.2 Å². The maximum atomic E-state index is 14.2. The van der Waals surface area contributed by atoms with Gasteiger partial charge in [-0.1, -0.05) is 30.3 Å². The van der Waals surface area contributed by atoms with Gasteiger partial charge in [0.1, 0.15) is 18.0 Å². The molecule has 1 aromatic heterocycles. The maximum Gasteiger partial charge on any atom is 0.140 e. The molecule has 1 fully saturated rings. The Labute approximate surface area is 153 Å². The molecule has 0 amide bonds. The molecular weight excluding hydrogens is 327 g/mol. The van der Waals surface area contributed by atoms with Gasteiger partial charge >= 0.3 is 0 Å². The number of anilines is 1. The molecule has 1 N–H and O–H groups in total. The van der Waals surface area contributed by atoms with Gasteiger partial charge < -0.3 is 5.32 Å². The van der Waals surface area contributed by atoms with Crippen LogP contribution in [0.2, 0.25) is 0 Å². The summed E-state index contributed by atoms with van der Waals surface area (Å²) in [5, 5.41) is 3.93. The van der Waals surface area contributed by atoms with E-state index in [4.69, 9.17) is 0 Å². The van der Waals surface area contributed by atoms with Gasteiger partial charge in [0.25, 0.3) is 0 Å². The van der Waals surface area contributed by atoms with Gasteiger partial charge in [0.2, 0.25) is 0 Å². The zero-order chi connectivity index (χ0) is 17.9. The summed E-state index contributed by atoms with van der Waals surface area (Å²) in [4.78, 5) is 10.9. The lowest BCUT2D eigenvalue weighted by atomic mass is 10.0. The van der Waals surface area contributed by atoms with Gasteiger partial charge in [0.15, 0.2) is 0 Å². The largest absolute Gasteiger partial charge is 0.367 e. The SMILES string of the molecule is Cc1ccccc1CN1CCC(Nc2ncnc3cccc(F)c23)CC1. The van der Waals surface area contributed by atoms with E-state index in [2.05, 4.69) is 51.4 Å². The molecule has 2 aromatic carbocycles. The smallest absolute Gasteiger partial charge is 0.140 e. The highest BCUT2D eigenvalue weighted by atomic mass is 19.1. The summed E-state index contributed by atoms with van der Waals surface area (Å²) < 4.78 is 14.2. The molecule has 1 saturated heterocycles. The number of hydrogen-bond donors (Lipinski definition) is 1. The third-order valence-corrected chi connectivity index (χ3v) is 5.20. The monoisotopic (exact) mass is 350 g/mol. The van der Waals surface area contributed by atoms with Gasteiger partial charge in [0, 0.05) is 25.7 Å². The van der Waals surface area contributed by atoms with Crippen molar-refractivity contribution >= 4 is 16.7 Å². The molecule has 1 aliphatic heterocycles. The molecule has 0 bridgehead atoms. The van der Waals surface area contributed by atoms with E-state index in [1.54, 1.807) is 6.07 Å². The molecule has 5 heteroatoms. The summed E-state index contributed by atoms with van der Waals surface area (Å²) in [6.45, 7) is 5.21. The number of nitrogens with one attached hydrogen (secondary N) is 1. The third kappa shape index (κ3) is 3.53. The molecule has 134 valence electrons. The van der Waals surface area contributed by atoms with Crippen molar-refractivity contribution in [2.45, 2.75) is 32.4 Å². The fourth-order valence-electron chi connectivity index (χ4n) is 3.63. The summed E-state index contributed by atoms with van der Waals surface area (Å²) in [5.74, 6) is 0.327. The molecule has 0 unspecified atom stereocenters. The molecule has 0 radical (unpaired) electrons. The number of likely N-dealkylation sites (tertiary alicyclic amines) is 1. The predicted octanol–water partition coefficient (Wildman–Crippen LogP) is 4.15. The van der Waals surface area contributed by atoms with Crippen molar-refractivity contribution in [2.24, 2.45) is 0 Å². The molecule has 2 heterocycles. The van der Waals surface area contributed by atoms with Crippen molar-refractivity contribution in [2.75, 3.05) is 18.4 Å². The van der Waals surface area contributed by atoms with Crippen molar-refractivity contribution < 1.29 is 4.39 Å². The summed E-state index contributed by atoms with van der Waals surface area (Å²) in [6, 6.07) is 13.8. The lowest BCUT2D eigenvalue weighted by Crippen LogP contribution is -2.39. The first-order chi connectivity index (χ1) is 12.7. The number of aromatic nitrogens is 2. The highest BCUT2D eigenvalue weighted by Crippen LogP contribution is 2.25. The van der Waals surface area contributed by atoms with Crippen LogP contribution in [0.3, 0.4) is 0 Å². The highest BCUT2D eigenvalue weighted by Gasteiger charge is 2.21. The zero-order valence-corrected chi connectivity index (χ0v) is 15.0. The molecule has 0 spiro atoms. The first-order valence-corrected chi connectivity index (χ1v) is 9.13. The Balaban J connectivity index is 1.41. The van der Waals surface area contributed by atoms with Crippen LogP contribution < -0.4 is 5.32 Å². The van der Waals surface area contributed by atoms with Gasteiger partial charge in [-0.15, -0.1) is 0 Å². The van der Waals surface area contributed by atoms with Crippen LogP contribution in [-0.2, 0) is 6.54 Å². The first kappa shape index (κ1) is 16.9. The fourth-order valence-corrected chi connectivity index (χ4v) is 3.63. The number of nitrogens with zero attached hydrogens (tertiary/aromatic N) is 3. The van der Waals surface area contributed by atoms with E-state index in [9.17, 15) is 4.39 Å². The predicted molar refractivity (Wildman–Crippen MR) is 103 cm³/mol. The summed E-state index contributed by atoms with van der Waals surface area (Å²) >= 11 is 0. The van der Waals surface area contributed by atoms with Crippen molar-refractivity contribution in [1.29, 1.82) is 0 Å². The van der Waals surface area contributed by atoms with Crippen LogP contribution in [-0.4, -0.2) is 34.0 Å². The van der Waals surface area contributed by atoms with Crippen LogP contribution in [0.5, 0.6) is 0 Å². The number of benzene rings is 2. The van der Waals surface area contributed by atoms with E-state index in [0.717, 1.165) is 32.5 Å². The molecule has 0 aliphatic carbocycles. The van der Waals surface area contributed by atoms with E-state index < -0.39 is 0 Å². The first-order valence-electron chi connectivity index (χ1n) is 9.13. The van der Waals surface area contributed by atoms with Crippen LogP contribution in [0.15, 0.2) is 48.8 Å². The molecule has 1 aliphatic rings. The Hall–Kier alpha value is -2.53. The standard InChI is InChI=1S/C21H23FN4/c1-15-5-2-3-6-16(15)13-26-11-9-17(10-12-26)25-21-20-18(22)7-4-8-19(20)23-14-24-21/h2-8,14,17H,9-13H2,1H3,(H,23,24,25). The van der Waals surface area contributed by atoms with E-state index >= 15 is 0 Å². The van der Waals surface area contributed by atoms with Crippen LogP contribution >= 0.6 is 0 Å². The topological polar surface area (TPSA) is 41.0 Å². The van der Waals surface area contributed by atoms with Gasteiger partial charge in [-0.3, -0.25) is 4.90 Å². The molecule has 3 aromatic rings. The number of hydrogen-bond acceptors (Lipinski definition) is 4. The normalized spacial score (nSPS) is 16.1. The number of piperidine rings is 1. The van der Waals surface area contributed by atoms with Crippen molar-refractivity contribution in [3.63, 3.8) is 0 Å². The van der Waals surface area contributed by atoms with E-state index in [0.29, 0.717) is 22.8 Å². The number of fused-ring (bicyclic) bond motifs is 1. The van der Waals surface area contributed by atoms with E-state index in [1.807, 2.05) is 6.07 Å². The second-order valence-electron chi connectivity index (χ2n) is 6.98. The van der Waals surface area contributed by atoms with Crippen molar-refractivity contribution in [1.82, 2.24) is 14.9 Å². The Bertz CT molecular complexity index is 898. The minimum absolute atomic E-state index is 0.275. The highest BCUT2D eigenvalue weighted by molar-refractivity contribution is 5.89. The fraction of sp³-hybridized carbons (Fsp3) is 0.333. The van der Waals surface area contributed by atoms with Crippen LogP contribution in [0.1, 0.15) is 24.0 Å². The average Bonchev–Trinajstić information content (AvgIpc) is 2.65. The van der Waals surface area contributed by atoms with E-state index in [-0.39, 0.29) is 5.82 Å². The zero-order valence-electron chi connectivity index (χ0n) is 15.0. The second-order valence-corrected chi connectivity index (χ2v) is 6.98. The molecule has 26 heavy (non-hydrogen) atoms. The molecular formula is C21H23FN4. The van der Waals surface area contributed by atoms with Gasteiger partial charge in [-0.05, 0) is 43.0 Å². The summed E-state index contributed by atoms with van der Waals surface area (Å²) in [7, 11) is 0. The van der Waals surface area contributed by atoms with Crippen molar-refractivity contribution in [3.05, 3.63) is 65.7 Å². The van der Waals surface area contributed by atoms with Gasteiger partial charge in [-0.2, -0.15) is 0 Å². The quantitative estimate of drug-likeness (QED) is 0.767. The number of aryl methyl sites for hydroxylation is 1. The summed E-state index contributed by atoms with van der Waals surface area (Å²) in [6.07, 6.45) is 3.54. The minimum atomic E-state index is -0.275. The maximum absolute atomic E-state index is 14.2. The average molecular weight is 350 g/mol. The lowest BCUT2D eigenvalue weighted by molar-refractivity contribution is 0.211. The molecule has 0 atom stereocenters. The summed E-state index contributed by atoms with van der Waals surface area (Å²) in [5.41, 5.74) is 3.37. The Kier molecular flexibility index (Phi) is 4.80. The Morgan fingerprint density at radius 1 is 1.08 bits per heavy atom. The Morgan fingerprint density at radius 2 is 1.88 bits per heavy atom. The van der Waals surface area contributed by atoms with Crippen LogP contribution in [0.25, 0.3) is 10.9 Å². The second kappa shape index (κ2) is 7.38. The Morgan fingerprint density at radius 3 is 2.69 bits per heavy atom. The molecule has 4 nitrogen and oxygen atoms in total. The van der Waals surface area contributed by atoms with Crippen LogP contribution in [0, 0.1) is 12.7 Å². The lowest BCUT2D eigenvalue weighted by Gasteiger charge is -2.33. The van der Waals surface area contributed by atoms with Crippen molar-refractivity contribution in [3.8, 4) is 0 Å². The molecule has 4 rings (SSSR count). The van der Waals surface area contributed by atoms with E-state index in [1.165, 1.54) is 23.5 Å². The minimum Gasteiger partial charge on any atom is -0.367 e. The van der Waals surface area contributed by atoms with Gasteiger partial charge in [0.05, 0.1) is 10.9 Å². The van der Waals surface area contributed by atoms with Gasteiger partial charge in [-0.25, -0.2) is 14.4 Å².